The third-order valence-electron chi connectivity index (χ3n) is 2.88. The fraction of sp³-hybridized carbons (Fsp3) is 0.438. The second-order valence-electron chi connectivity index (χ2n) is 5.88. The van der Waals surface area contributed by atoms with Gasteiger partial charge in [0.15, 0.2) is 0 Å². The molecule has 0 aromatic heterocycles. The lowest BCUT2D eigenvalue weighted by molar-refractivity contribution is -0.122. The van der Waals surface area contributed by atoms with Crippen LogP contribution in [0.5, 0.6) is 0 Å². The molecular weight excluding hydrogens is 315 g/mol. The van der Waals surface area contributed by atoms with Crippen LogP contribution >= 0.6 is 0 Å². The summed E-state index contributed by atoms with van der Waals surface area (Å²) in [6.07, 6.45) is 0. The number of imide groups is 1. The number of carbonyl (C=O) groups is 3. The third kappa shape index (κ3) is 8.23. The molecule has 7 nitrogen and oxygen atoms in total. The molecule has 1 rings (SSSR count). The molecule has 0 unspecified atom stereocenters. The number of benzene rings is 1. The van der Waals surface area contributed by atoms with Gasteiger partial charge in [-0.15, -0.1) is 0 Å². The maximum absolute atomic E-state index is 12.8. The lowest BCUT2D eigenvalue weighted by Crippen LogP contribution is -2.45. The van der Waals surface area contributed by atoms with Gasteiger partial charge in [0.1, 0.15) is 5.82 Å². The monoisotopic (exact) mass is 338 g/mol. The molecular formula is C16H23FN4O3. The summed E-state index contributed by atoms with van der Waals surface area (Å²) in [6, 6.07) is 4.81. The van der Waals surface area contributed by atoms with E-state index in [2.05, 4.69) is 16.0 Å². The maximum atomic E-state index is 12.8. The standard InChI is InChI=1S/C16H23FN4O3/c1-11(2)8-18-16(24)20-15(23)10-21(3)9-14(22)19-13-6-4-12(17)5-7-13/h4-7,11H,8-10H2,1-3H3,(H,19,22)(H2,18,20,23,24). The molecule has 0 aliphatic heterocycles. The summed E-state index contributed by atoms with van der Waals surface area (Å²) >= 11 is 0. The van der Waals surface area contributed by atoms with Crippen LogP contribution in [0.15, 0.2) is 24.3 Å². The average molecular weight is 338 g/mol. The van der Waals surface area contributed by atoms with Gasteiger partial charge >= 0.3 is 6.03 Å². The SMILES string of the molecule is CC(C)CNC(=O)NC(=O)CN(C)CC(=O)Nc1ccc(F)cc1. The van der Waals surface area contributed by atoms with E-state index in [9.17, 15) is 18.8 Å². The fourth-order valence-corrected chi connectivity index (χ4v) is 1.79. The predicted molar refractivity (Wildman–Crippen MR) is 88.9 cm³/mol. The number of hydrogen-bond donors (Lipinski definition) is 3. The minimum atomic E-state index is -0.558. The number of anilines is 1. The van der Waals surface area contributed by atoms with Gasteiger partial charge in [-0.25, -0.2) is 9.18 Å². The van der Waals surface area contributed by atoms with Gasteiger partial charge in [-0.3, -0.25) is 19.8 Å². The molecule has 0 radical (unpaired) electrons. The first-order valence-corrected chi connectivity index (χ1v) is 7.58. The van der Waals surface area contributed by atoms with E-state index in [1.807, 2.05) is 13.8 Å². The van der Waals surface area contributed by atoms with E-state index in [1.165, 1.54) is 29.2 Å². The van der Waals surface area contributed by atoms with Crippen LogP contribution in [0.2, 0.25) is 0 Å². The number of carbonyl (C=O) groups excluding carboxylic acids is 3. The number of halogens is 1. The van der Waals surface area contributed by atoms with Crippen LogP contribution in [-0.4, -0.2) is 49.4 Å². The van der Waals surface area contributed by atoms with Crippen LogP contribution in [0, 0.1) is 11.7 Å². The first-order chi connectivity index (χ1) is 11.3. The van der Waals surface area contributed by atoms with Crippen molar-refractivity contribution in [3.8, 4) is 0 Å². The van der Waals surface area contributed by atoms with Crippen LogP contribution in [-0.2, 0) is 9.59 Å². The number of nitrogens with one attached hydrogen (secondary N) is 3. The van der Waals surface area contributed by atoms with E-state index in [1.54, 1.807) is 7.05 Å². The first kappa shape index (κ1) is 19.6. The van der Waals surface area contributed by atoms with E-state index in [4.69, 9.17) is 0 Å². The topological polar surface area (TPSA) is 90.5 Å². The minimum absolute atomic E-state index is 0.0432. The number of nitrogens with zero attached hydrogens (tertiary/aromatic N) is 1. The van der Waals surface area contributed by atoms with Gasteiger partial charge in [0.05, 0.1) is 13.1 Å². The zero-order chi connectivity index (χ0) is 18.1. The molecule has 0 spiro atoms. The van der Waals surface area contributed by atoms with Gasteiger partial charge in [0.2, 0.25) is 11.8 Å². The van der Waals surface area contributed by atoms with E-state index in [0.29, 0.717) is 12.2 Å². The van der Waals surface area contributed by atoms with Crippen molar-refractivity contribution in [2.24, 2.45) is 5.92 Å². The van der Waals surface area contributed by atoms with Crippen LogP contribution in [0.25, 0.3) is 0 Å². The number of hydrogen-bond acceptors (Lipinski definition) is 4. The highest BCUT2D eigenvalue weighted by molar-refractivity contribution is 5.96. The second-order valence-corrected chi connectivity index (χ2v) is 5.88. The first-order valence-electron chi connectivity index (χ1n) is 7.58. The predicted octanol–water partition coefficient (Wildman–Crippen LogP) is 1.18. The molecule has 1 aromatic carbocycles. The molecule has 0 bridgehead atoms. The Labute approximate surface area is 140 Å². The lowest BCUT2D eigenvalue weighted by Gasteiger charge is -2.16. The molecule has 0 saturated heterocycles. The van der Waals surface area contributed by atoms with Crippen LogP contribution in [0.4, 0.5) is 14.9 Å². The van der Waals surface area contributed by atoms with Crippen molar-refractivity contribution in [1.82, 2.24) is 15.5 Å². The molecule has 0 atom stereocenters. The van der Waals surface area contributed by atoms with E-state index < -0.39 is 17.8 Å². The van der Waals surface area contributed by atoms with Crippen LogP contribution in [0.1, 0.15) is 13.8 Å². The van der Waals surface area contributed by atoms with Crippen molar-refractivity contribution in [1.29, 1.82) is 0 Å². The summed E-state index contributed by atoms with van der Waals surface area (Å²) in [5.41, 5.74) is 0.465. The molecule has 8 heteroatoms. The molecule has 0 saturated carbocycles. The van der Waals surface area contributed by atoms with Crippen molar-refractivity contribution < 1.29 is 18.8 Å². The summed E-state index contributed by atoms with van der Waals surface area (Å²) in [4.78, 5) is 36.5. The van der Waals surface area contributed by atoms with Gasteiger partial charge in [0, 0.05) is 12.2 Å². The third-order valence-corrected chi connectivity index (χ3v) is 2.88. The number of urea groups is 1. The number of likely N-dealkylation sites (N-methyl/N-ethyl adjacent to an activating group) is 1. The molecule has 0 aliphatic carbocycles. The van der Waals surface area contributed by atoms with Crippen molar-refractivity contribution >= 4 is 23.5 Å². The Morgan fingerprint density at radius 3 is 2.25 bits per heavy atom. The quantitative estimate of drug-likeness (QED) is 0.696. The Kier molecular flexibility index (Phi) is 7.84. The number of rotatable bonds is 7. The largest absolute Gasteiger partial charge is 0.338 e. The van der Waals surface area contributed by atoms with Gasteiger partial charge < -0.3 is 10.6 Å². The summed E-state index contributed by atoms with van der Waals surface area (Å²) in [7, 11) is 1.58. The molecule has 3 N–H and O–H groups in total. The Morgan fingerprint density at radius 2 is 1.67 bits per heavy atom. The summed E-state index contributed by atoms with van der Waals surface area (Å²) < 4.78 is 12.8. The zero-order valence-electron chi connectivity index (χ0n) is 14.1. The Hall–Kier alpha value is -2.48. The van der Waals surface area contributed by atoms with Crippen LogP contribution < -0.4 is 16.0 Å². The minimum Gasteiger partial charge on any atom is -0.338 e. The van der Waals surface area contributed by atoms with Gasteiger partial charge in [-0.05, 0) is 37.2 Å². The maximum Gasteiger partial charge on any atom is 0.321 e. The molecule has 0 heterocycles. The second kappa shape index (κ2) is 9.61. The molecule has 0 aliphatic rings. The normalized spacial score (nSPS) is 10.6. The highest BCUT2D eigenvalue weighted by atomic mass is 19.1. The molecule has 0 fully saturated rings. The van der Waals surface area contributed by atoms with E-state index in [-0.39, 0.29) is 24.9 Å². The molecule has 24 heavy (non-hydrogen) atoms. The fourth-order valence-electron chi connectivity index (χ4n) is 1.79. The van der Waals surface area contributed by atoms with Crippen molar-refractivity contribution in [2.75, 3.05) is 32.0 Å². The lowest BCUT2D eigenvalue weighted by atomic mass is 10.2. The zero-order valence-corrected chi connectivity index (χ0v) is 14.1. The van der Waals surface area contributed by atoms with Crippen molar-refractivity contribution in [2.45, 2.75) is 13.8 Å². The van der Waals surface area contributed by atoms with Gasteiger partial charge in [-0.1, -0.05) is 13.8 Å². The van der Waals surface area contributed by atoms with Crippen molar-refractivity contribution in [3.63, 3.8) is 0 Å². The highest BCUT2D eigenvalue weighted by Gasteiger charge is 2.13. The Morgan fingerprint density at radius 1 is 1.08 bits per heavy atom. The van der Waals surface area contributed by atoms with E-state index in [0.717, 1.165) is 0 Å². The summed E-state index contributed by atoms with van der Waals surface area (Å²) in [6.45, 7) is 4.20. The molecule has 132 valence electrons. The van der Waals surface area contributed by atoms with Crippen LogP contribution in [0.3, 0.4) is 0 Å². The molecule has 1 aromatic rings. The smallest absolute Gasteiger partial charge is 0.321 e. The van der Waals surface area contributed by atoms with Gasteiger partial charge in [-0.2, -0.15) is 0 Å². The van der Waals surface area contributed by atoms with E-state index >= 15 is 0 Å². The Balaban J connectivity index is 2.32. The van der Waals surface area contributed by atoms with Crippen molar-refractivity contribution in [3.05, 3.63) is 30.1 Å². The highest BCUT2D eigenvalue weighted by Crippen LogP contribution is 2.07. The average Bonchev–Trinajstić information content (AvgIpc) is 2.47. The number of amides is 4. The summed E-state index contributed by atoms with van der Waals surface area (Å²) in [5.74, 6) is -0.962. The van der Waals surface area contributed by atoms with Gasteiger partial charge in [0.25, 0.3) is 0 Å². The summed E-state index contributed by atoms with van der Waals surface area (Å²) in [5, 5.41) is 7.34. The molecule has 4 amide bonds. The Bertz CT molecular complexity index is 575.